The van der Waals surface area contributed by atoms with Gasteiger partial charge in [-0.25, -0.2) is 9.97 Å². The third-order valence-corrected chi connectivity index (χ3v) is 10.5. The van der Waals surface area contributed by atoms with Crippen LogP contribution in [0.1, 0.15) is 17.5 Å². The first kappa shape index (κ1) is 25.7. The molecule has 0 saturated carbocycles. The molecule has 9 aromatic rings. The molecule has 1 aliphatic rings. The van der Waals surface area contributed by atoms with Crippen molar-refractivity contribution in [1.82, 2.24) is 9.97 Å². The van der Waals surface area contributed by atoms with E-state index in [1.165, 1.54) is 26.6 Å². The summed E-state index contributed by atoms with van der Waals surface area (Å²) in [5.41, 5.74) is 10.7. The van der Waals surface area contributed by atoms with Gasteiger partial charge in [0.25, 0.3) is 0 Å². The van der Waals surface area contributed by atoms with Crippen LogP contribution in [0.4, 0.5) is 0 Å². The van der Waals surface area contributed by atoms with Crippen LogP contribution >= 0.6 is 11.3 Å². The summed E-state index contributed by atoms with van der Waals surface area (Å²) in [7, 11) is 0. The lowest BCUT2D eigenvalue weighted by Crippen LogP contribution is -1.97. The van der Waals surface area contributed by atoms with Crippen LogP contribution in [0.25, 0.3) is 92.9 Å². The summed E-state index contributed by atoms with van der Waals surface area (Å²) in [6.07, 6.45) is 6.61. The molecular weight excluding hydrogens is 581 g/mol. The van der Waals surface area contributed by atoms with E-state index in [1.807, 2.05) is 12.1 Å². The summed E-state index contributed by atoms with van der Waals surface area (Å²) in [6, 6.07) is 43.2. The van der Waals surface area contributed by atoms with Gasteiger partial charge in [-0.15, -0.1) is 11.3 Å². The molecule has 0 radical (unpaired) electrons. The first-order chi connectivity index (χ1) is 22.8. The molecule has 0 saturated heterocycles. The first-order valence-electron chi connectivity index (χ1n) is 15.7. The van der Waals surface area contributed by atoms with E-state index in [0.717, 1.165) is 78.3 Å². The Labute approximate surface area is 269 Å². The van der Waals surface area contributed by atoms with Crippen molar-refractivity contribution in [2.45, 2.75) is 12.8 Å². The molecule has 1 aliphatic carbocycles. The van der Waals surface area contributed by atoms with Crippen LogP contribution in [-0.4, -0.2) is 9.97 Å². The number of aromatic nitrogens is 2. The Balaban J connectivity index is 1.29. The number of nitrogens with zero attached hydrogens (tertiary/aromatic N) is 2. The van der Waals surface area contributed by atoms with E-state index < -0.39 is 0 Å². The van der Waals surface area contributed by atoms with Gasteiger partial charge in [0.1, 0.15) is 11.2 Å². The van der Waals surface area contributed by atoms with E-state index in [2.05, 4.69) is 121 Å². The number of hydrogen-bond donors (Lipinski definition) is 0. The third kappa shape index (κ3) is 3.97. The van der Waals surface area contributed by atoms with E-state index in [-0.39, 0.29) is 0 Å². The maximum absolute atomic E-state index is 6.52. The summed E-state index contributed by atoms with van der Waals surface area (Å²) in [4.78, 5) is 10.8. The van der Waals surface area contributed by atoms with Gasteiger partial charge < -0.3 is 4.42 Å². The van der Waals surface area contributed by atoms with Gasteiger partial charge >= 0.3 is 0 Å². The molecule has 0 fully saturated rings. The topological polar surface area (TPSA) is 38.9 Å². The molecule has 0 spiro atoms. The Hall–Kier alpha value is -5.58. The quantitative estimate of drug-likeness (QED) is 0.201. The normalized spacial score (nSPS) is 13.0. The lowest BCUT2D eigenvalue weighted by atomic mass is 9.94. The van der Waals surface area contributed by atoms with Gasteiger partial charge in [0.15, 0.2) is 5.82 Å². The van der Waals surface area contributed by atoms with Crippen molar-refractivity contribution in [1.29, 1.82) is 0 Å². The molecule has 0 atom stereocenters. The van der Waals surface area contributed by atoms with Crippen LogP contribution in [0.5, 0.6) is 0 Å². The van der Waals surface area contributed by atoms with E-state index in [1.54, 1.807) is 11.3 Å². The molecule has 3 heterocycles. The Morgan fingerprint density at radius 1 is 0.630 bits per heavy atom. The molecule has 216 valence electrons. The Morgan fingerprint density at radius 2 is 1.46 bits per heavy atom. The number of hydrogen-bond acceptors (Lipinski definition) is 4. The summed E-state index contributed by atoms with van der Waals surface area (Å²) >= 11 is 1.78. The van der Waals surface area contributed by atoms with Crippen molar-refractivity contribution in [2.24, 2.45) is 0 Å². The summed E-state index contributed by atoms with van der Waals surface area (Å²) in [5, 5.41) is 5.70. The zero-order valence-corrected chi connectivity index (χ0v) is 25.6. The van der Waals surface area contributed by atoms with Crippen molar-refractivity contribution in [3.63, 3.8) is 0 Å². The molecule has 0 unspecified atom stereocenters. The SMILES string of the molecule is C1=Cc2ccc(-c3nc(-c4cc(-c5ccc6ccccc6c5)cc5oc6ccccc6c45)nc4c3sc3ccccc34)cc2CC1. The van der Waals surface area contributed by atoms with Crippen molar-refractivity contribution in [3.8, 4) is 33.8 Å². The highest BCUT2D eigenvalue weighted by Crippen LogP contribution is 2.43. The van der Waals surface area contributed by atoms with Gasteiger partial charge in [-0.3, -0.25) is 0 Å². The fraction of sp³-hybridized carbons (Fsp3) is 0.0476. The third-order valence-electron chi connectivity index (χ3n) is 9.32. The number of thiophene rings is 1. The molecule has 10 rings (SSSR count). The minimum absolute atomic E-state index is 0.711. The van der Waals surface area contributed by atoms with Crippen molar-refractivity contribution in [3.05, 3.63) is 139 Å². The van der Waals surface area contributed by atoms with Gasteiger partial charge in [-0.2, -0.15) is 0 Å². The van der Waals surface area contributed by atoms with Crippen LogP contribution in [0, 0.1) is 0 Å². The number of rotatable bonds is 3. The molecular formula is C42H26N2OS. The highest BCUT2D eigenvalue weighted by molar-refractivity contribution is 7.26. The highest BCUT2D eigenvalue weighted by atomic mass is 32.1. The zero-order chi connectivity index (χ0) is 30.2. The number of para-hydroxylation sites is 1. The summed E-state index contributed by atoms with van der Waals surface area (Å²) < 4.78 is 8.86. The summed E-state index contributed by atoms with van der Waals surface area (Å²) in [5.74, 6) is 0.711. The fourth-order valence-electron chi connectivity index (χ4n) is 7.05. The standard InChI is InChI=1S/C42H26N2OS/c1-3-11-27-21-29(19-17-25(27)9-1)31-23-34(38-32-13-5-7-15-35(32)45-36(38)24-31)42-43-39(30-20-18-26-10-2-4-12-28(26)22-30)41-40(44-42)33-14-6-8-16-37(33)46-41/h1-3,5-11,13-24H,4,12H2. The Bertz CT molecular complexity index is 2710. The lowest BCUT2D eigenvalue weighted by Gasteiger charge is -2.14. The van der Waals surface area contributed by atoms with Crippen LogP contribution in [0.3, 0.4) is 0 Å². The largest absolute Gasteiger partial charge is 0.456 e. The minimum atomic E-state index is 0.711. The second-order valence-corrected chi connectivity index (χ2v) is 13.1. The number of benzene rings is 6. The fourth-order valence-corrected chi connectivity index (χ4v) is 8.21. The molecule has 46 heavy (non-hydrogen) atoms. The molecule has 3 aromatic heterocycles. The molecule has 0 amide bonds. The maximum atomic E-state index is 6.52. The van der Waals surface area contributed by atoms with Gasteiger partial charge in [0, 0.05) is 32.0 Å². The minimum Gasteiger partial charge on any atom is -0.456 e. The number of aryl methyl sites for hydroxylation is 1. The first-order valence-corrected chi connectivity index (χ1v) is 16.5. The zero-order valence-electron chi connectivity index (χ0n) is 24.8. The average Bonchev–Trinajstić information content (AvgIpc) is 3.69. The van der Waals surface area contributed by atoms with Gasteiger partial charge in [-0.05, 0) is 82.3 Å². The highest BCUT2D eigenvalue weighted by Gasteiger charge is 2.21. The van der Waals surface area contributed by atoms with Gasteiger partial charge in [0.05, 0.1) is 15.9 Å². The van der Waals surface area contributed by atoms with Crippen LogP contribution < -0.4 is 0 Å². The number of fused-ring (bicyclic) bond motifs is 8. The van der Waals surface area contributed by atoms with Crippen molar-refractivity contribution >= 4 is 70.4 Å². The Morgan fingerprint density at radius 3 is 2.41 bits per heavy atom. The summed E-state index contributed by atoms with van der Waals surface area (Å²) in [6.45, 7) is 0. The lowest BCUT2D eigenvalue weighted by molar-refractivity contribution is 0.669. The van der Waals surface area contributed by atoms with E-state index in [4.69, 9.17) is 14.4 Å². The predicted octanol–water partition coefficient (Wildman–Crippen LogP) is 11.9. The van der Waals surface area contributed by atoms with Crippen LogP contribution in [0.15, 0.2) is 132 Å². The smallest absolute Gasteiger partial charge is 0.161 e. The predicted molar refractivity (Wildman–Crippen MR) is 193 cm³/mol. The number of allylic oxidation sites excluding steroid dienone is 1. The monoisotopic (exact) mass is 606 g/mol. The van der Waals surface area contributed by atoms with E-state index in [9.17, 15) is 0 Å². The maximum Gasteiger partial charge on any atom is 0.161 e. The van der Waals surface area contributed by atoms with Crippen molar-refractivity contribution in [2.75, 3.05) is 0 Å². The molecule has 0 aliphatic heterocycles. The van der Waals surface area contributed by atoms with E-state index in [0.29, 0.717) is 5.82 Å². The van der Waals surface area contributed by atoms with Crippen LogP contribution in [-0.2, 0) is 6.42 Å². The number of furan rings is 1. The van der Waals surface area contributed by atoms with E-state index >= 15 is 0 Å². The molecule has 3 nitrogen and oxygen atoms in total. The average molecular weight is 607 g/mol. The molecule has 0 N–H and O–H groups in total. The second-order valence-electron chi connectivity index (χ2n) is 12.1. The van der Waals surface area contributed by atoms with Gasteiger partial charge in [-0.1, -0.05) is 97.1 Å². The van der Waals surface area contributed by atoms with Crippen molar-refractivity contribution < 1.29 is 4.42 Å². The van der Waals surface area contributed by atoms with Gasteiger partial charge in [0.2, 0.25) is 0 Å². The molecule has 4 heteroatoms. The molecule has 0 bridgehead atoms. The van der Waals surface area contributed by atoms with Crippen LogP contribution in [0.2, 0.25) is 0 Å². The molecule has 6 aromatic carbocycles. The Kier molecular flexibility index (Phi) is 5.57. The second kappa shape index (κ2) is 9.96.